The van der Waals surface area contributed by atoms with Crippen molar-refractivity contribution in [1.82, 2.24) is 0 Å². The molecule has 6 nitrogen and oxygen atoms in total. The molecule has 0 unspecified atom stereocenters. The predicted molar refractivity (Wildman–Crippen MR) is 171 cm³/mol. The number of esters is 1. The maximum Gasteiger partial charge on any atom is 0.305 e. The van der Waals surface area contributed by atoms with Crippen molar-refractivity contribution in [2.75, 3.05) is 16.6 Å². The van der Waals surface area contributed by atoms with Gasteiger partial charge in [0.2, 0.25) is 0 Å². The molecule has 2 aromatic rings. The van der Waals surface area contributed by atoms with Crippen LogP contribution in [0.4, 0.5) is 11.4 Å². The molecule has 1 fully saturated rings. The van der Waals surface area contributed by atoms with Crippen LogP contribution in [0.3, 0.4) is 0 Å². The minimum Gasteiger partial charge on any atom is -0.464 e. The molecule has 6 heteroatoms. The minimum atomic E-state index is -1.44. The summed E-state index contributed by atoms with van der Waals surface area (Å²) in [5.74, 6) is -1.02. The second-order valence-electron chi connectivity index (χ2n) is 11.7. The number of carbonyl (C=O) groups excluding carboxylic acids is 3. The topological polar surface area (TPSA) is 66.9 Å². The molecule has 0 N–H and O–H groups in total. The van der Waals surface area contributed by atoms with Crippen molar-refractivity contribution >= 4 is 29.2 Å². The Morgan fingerprint density at radius 1 is 0.595 bits per heavy atom. The standard InChI is InChI=1S/C36H52N2O4/c1-3-5-7-8-9-10-11-12-13-14-15-16-23-28-33(39)42-30-36(29-6-4-2)34(40)37(31-24-19-17-20-25-31)38(35(36)41)32-26-21-18-22-27-32/h17-22,24-27H,3-16,23,28-30H2,1-2H3. The van der Waals surface area contributed by atoms with E-state index in [1.54, 1.807) is 0 Å². The van der Waals surface area contributed by atoms with E-state index in [1.165, 1.54) is 74.2 Å². The van der Waals surface area contributed by atoms with E-state index in [1.807, 2.05) is 67.6 Å². The number of rotatable bonds is 21. The fraction of sp³-hybridized carbons (Fsp3) is 0.583. The summed E-state index contributed by atoms with van der Waals surface area (Å²) >= 11 is 0. The molecule has 1 aliphatic rings. The molecule has 0 radical (unpaired) electrons. The Bertz CT molecular complexity index is 1010. The third kappa shape index (κ3) is 9.43. The normalized spacial score (nSPS) is 14.5. The van der Waals surface area contributed by atoms with Gasteiger partial charge in [-0.3, -0.25) is 14.4 Å². The predicted octanol–water partition coefficient (Wildman–Crippen LogP) is 9.18. The Hall–Kier alpha value is -3.15. The van der Waals surface area contributed by atoms with E-state index < -0.39 is 5.41 Å². The van der Waals surface area contributed by atoms with Crippen LogP contribution in [0.25, 0.3) is 0 Å². The zero-order valence-corrected chi connectivity index (χ0v) is 26.0. The minimum absolute atomic E-state index is 0.228. The molecule has 3 rings (SSSR count). The van der Waals surface area contributed by atoms with Gasteiger partial charge >= 0.3 is 5.97 Å². The van der Waals surface area contributed by atoms with Crippen LogP contribution in [0.15, 0.2) is 60.7 Å². The fourth-order valence-electron chi connectivity index (χ4n) is 5.73. The van der Waals surface area contributed by atoms with Crippen LogP contribution >= 0.6 is 0 Å². The van der Waals surface area contributed by atoms with E-state index in [9.17, 15) is 14.4 Å². The van der Waals surface area contributed by atoms with Crippen LogP contribution in [0.1, 0.15) is 123 Å². The van der Waals surface area contributed by atoms with Crippen molar-refractivity contribution in [2.24, 2.45) is 5.41 Å². The highest BCUT2D eigenvalue weighted by Crippen LogP contribution is 2.42. The Labute approximate surface area is 253 Å². The summed E-state index contributed by atoms with van der Waals surface area (Å²) in [5.41, 5.74) is -0.222. The first kappa shape index (κ1) is 33.4. The number of para-hydroxylation sites is 2. The second kappa shape index (κ2) is 18.4. The van der Waals surface area contributed by atoms with Gasteiger partial charge in [0.05, 0.1) is 11.4 Å². The highest BCUT2D eigenvalue weighted by atomic mass is 16.5. The number of unbranched alkanes of at least 4 members (excludes halogenated alkanes) is 13. The van der Waals surface area contributed by atoms with Gasteiger partial charge in [0.15, 0.2) is 5.41 Å². The number of nitrogens with zero attached hydrogens (tertiary/aromatic N) is 2. The van der Waals surface area contributed by atoms with Crippen molar-refractivity contribution < 1.29 is 19.1 Å². The van der Waals surface area contributed by atoms with Crippen molar-refractivity contribution in [3.05, 3.63) is 60.7 Å². The van der Waals surface area contributed by atoms with Crippen LogP contribution in [-0.2, 0) is 19.1 Å². The van der Waals surface area contributed by atoms with Gasteiger partial charge in [-0.1, -0.05) is 140 Å². The zero-order valence-electron chi connectivity index (χ0n) is 26.0. The lowest BCUT2D eigenvalue weighted by molar-refractivity contribution is -0.152. The third-order valence-corrected chi connectivity index (χ3v) is 8.33. The van der Waals surface area contributed by atoms with Crippen LogP contribution in [-0.4, -0.2) is 24.4 Å². The molecule has 0 aliphatic carbocycles. The highest BCUT2D eigenvalue weighted by molar-refractivity contribution is 6.26. The average molecular weight is 577 g/mol. The summed E-state index contributed by atoms with van der Waals surface area (Å²) in [6.07, 6.45) is 18.3. The van der Waals surface area contributed by atoms with Gasteiger partial charge in [-0.15, -0.1) is 0 Å². The number of hydrogen-bond donors (Lipinski definition) is 0. The summed E-state index contributed by atoms with van der Waals surface area (Å²) in [6.45, 7) is 4.06. The summed E-state index contributed by atoms with van der Waals surface area (Å²) in [6, 6.07) is 18.4. The Kier molecular flexibility index (Phi) is 14.6. The van der Waals surface area contributed by atoms with Crippen LogP contribution in [0, 0.1) is 5.41 Å². The molecule has 42 heavy (non-hydrogen) atoms. The van der Waals surface area contributed by atoms with Gasteiger partial charge < -0.3 is 4.74 Å². The van der Waals surface area contributed by atoms with E-state index in [-0.39, 0.29) is 24.4 Å². The third-order valence-electron chi connectivity index (χ3n) is 8.33. The average Bonchev–Trinajstić information content (AvgIpc) is 3.24. The van der Waals surface area contributed by atoms with E-state index in [0.717, 1.165) is 25.7 Å². The first-order valence-electron chi connectivity index (χ1n) is 16.5. The Morgan fingerprint density at radius 2 is 1.00 bits per heavy atom. The lowest BCUT2D eigenvalue weighted by Gasteiger charge is -2.27. The van der Waals surface area contributed by atoms with Gasteiger partial charge in [-0.05, 0) is 37.1 Å². The quantitative estimate of drug-likeness (QED) is 0.0844. The number of hydrogen-bond acceptors (Lipinski definition) is 4. The van der Waals surface area contributed by atoms with Crippen molar-refractivity contribution in [3.8, 4) is 0 Å². The molecule has 2 aromatic carbocycles. The van der Waals surface area contributed by atoms with Gasteiger partial charge in [-0.2, -0.15) is 0 Å². The van der Waals surface area contributed by atoms with Crippen LogP contribution in [0.5, 0.6) is 0 Å². The van der Waals surface area contributed by atoms with Crippen LogP contribution < -0.4 is 10.0 Å². The summed E-state index contributed by atoms with van der Waals surface area (Å²) in [5, 5.41) is 2.90. The molecule has 0 bridgehead atoms. The van der Waals surface area contributed by atoms with E-state index >= 15 is 0 Å². The summed E-state index contributed by atoms with van der Waals surface area (Å²) < 4.78 is 5.71. The molecule has 2 amide bonds. The number of hydrazine groups is 1. The maximum atomic E-state index is 14.1. The zero-order chi connectivity index (χ0) is 30.0. The molecule has 0 atom stereocenters. The van der Waals surface area contributed by atoms with E-state index in [4.69, 9.17) is 4.74 Å². The number of amides is 2. The monoisotopic (exact) mass is 576 g/mol. The van der Waals surface area contributed by atoms with E-state index in [2.05, 4.69) is 6.92 Å². The molecule has 0 spiro atoms. The molecular formula is C36H52N2O4. The number of benzene rings is 2. The number of carbonyl (C=O) groups is 3. The molecule has 0 saturated carbocycles. The van der Waals surface area contributed by atoms with Gasteiger partial charge in [0.1, 0.15) is 6.61 Å². The van der Waals surface area contributed by atoms with Crippen molar-refractivity contribution in [1.29, 1.82) is 0 Å². The van der Waals surface area contributed by atoms with Crippen molar-refractivity contribution in [3.63, 3.8) is 0 Å². The van der Waals surface area contributed by atoms with Gasteiger partial charge in [-0.25, -0.2) is 10.0 Å². The molecule has 0 aromatic heterocycles. The van der Waals surface area contributed by atoms with Gasteiger partial charge in [0, 0.05) is 6.42 Å². The maximum absolute atomic E-state index is 14.1. The number of anilines is 2. The lowest BCUT2D eigenvalue weighted by Crippen LogP contribution is -2.41. The lowest BCUT2D eigenvalue weighted by atomic mass is 9.82. The Morgan fingerprint density at radius 3 is 1.43 bits per heavy atom. The SMILES string of the molecule is CCCCCCCCCCCCCCCC(=O)OCC1(CCCC)C(=O)N(c2ccccc2)N(c2ccccc2)C1=O. The first-order valence-corrected chi connectivity index (χ1v) is 16.5. The number of ether oxygens (including phenoxy) is 1. The van der Waals surface area contributed by atoms with Crippen molar-refractivity contribution in [2.45, 2.75) is 123 Å². The molecule has 1 aliphatic heterocycles. The first-order chi connectivity index (χ1) is 20.5. The fourth-order valence-corrected chi connectivity index (χ4v) is 5.73. The molecular weight excluding hydrogens is 524 g/mol. The van der Waals surface area contributed by atoms with Crippen LogP contribution in [0.2, 0.25) is 0 Å². The smallest absolute Gasteiger partial charge is 0.305 e. The Balaban J connectivity index is 1.51. The van der Waals surface area contributed by atoms with Gasteiger partial charge in [0.25, 0.3) is 11.8 Å². The largest absolute Gasteiger partial charge is 0.464 e. The second-order valence-corrected chi connectivity index (χ2v) is 11.7. The molecule has 1 heterocycles. The highest BCUT2D eigenvalue weighted by Gasteiger charge is 2.59. The summed E-state index contributed by atoms with van der Waals surface area (Å²) in [7, 11) is 0. The summed E-state index contributed by atoms with van der Waals surface area (Å²) in [4.78, 5) is 41.0. The molecule has 230 valence electrons. The molecule has 1 saturated heterocycles. The van der Waals surface area contributed by atoms with E-state index in [0.29, 0.717) is 30.6 Å².